The van der Waals surface area contributed by atoms with Crippen molar-refractivity contribution in [3.8, 4) is 0 Å². The minimum Gasteiger partial charge on any atom is -0.404 e. The van der Waals surface area contributed by atoms with Crippen LogP contribution in [0, 0.1) is 5.82 Å². The van der Waals surface area contributed by atoms with Crippen molar-refractivity contribution in [2.45, 2.75) is 25.8 Å². The van der Waals surface area contributed by atoms with E-state index in [0.717, 1.165) is 25.9 Å². The molecule has 0 saturated carbocycles. The zero-order valence-electron chi connectivity index (χ0n) is 15.8. The summed E-state index contributed by atoms with van der Waals surface area (Å²) in [4.78, 5) is 23.7. The predicted molar refractivity (Wildman–Crippen MR) is 111 cm³/mol. The molecule has 3 rings (SSSR count). The molecular weight excluding hydrogens is 377 g/mol. The molecule has 6 nitrogen and oxygen atoms in total. The van der Waals surface area contributed by atoms with Crippen molar-refractivity contribution in [1.29, 1.82) is 0 Å². The molecule has 1 aliphatic heterocycles. The smallest absolute Gasteiger partial charge is 0.273 e. The Labute approximate surface area is 168 Å². The maximum atomic E-state index is 13.0. The molecule has 1 aromatic carbocycles. The van der Waals surface area contributed by atoms with Crippen molar-refractivity contribution >= 4 is 34.7 Å². The van der Waals surface area contributed by atoms with Gasteiger partial charge in [0.05, 0.1) is 5.69 Å². The number of allylic oxidation sites excluding steroid dienone is 1. The van der Waals surface area contributed by atoms with Crippen molar-refractivity contribution in [3.63, 3.8) is 0 Å². The van der Waals surface area contributed by atoms with Gasteiger partial charge in [0.15, 0.2) is 0 Å². The lowest BCUT2D eigenvalue weighted by Gasteiger charge is -2.27. The van der Waals surface area contributed by atoms with Crippen LogP contribution in [0.4, 0.5) is 10.1 Å². The fourth-order valence-electron chi connectivity index (χ4n) is 3.09. The van der Waals surface area contributed by atoms with Crippen molar-refractivity contribution in [1.82, 2.24) is 15.2 Å². The Balaban J connectivity index is 1.75. The van der Waals surface area contributed by atoms with Crippen LogP contribution in [0.2, 0.25) is 0 Å². The molecule has 148 valence electrons. The molecule has 8 heteroatoms. The molecule has 2 aromatic rings. The fraction of sp³-hybridized carbons (Fsp3) is 0.350. The summed E-state index contributed by atoms with van der Waals surface area (Å²) in [5, 5.41) is 5.69. The number of halogens is 1. The molecule has 1 aliphatic rings. The van der Waals surface area contributed by atoms with Crippen molar-refractivity contribution < 1.29 is 9.18 Å². The van der Waals surface area contributed by atoms with Crippen LogP contribution < -0.4 is 11.1 Å². The third-order valence-corrected chi connectivity index (χ3v) is 5.42. The van der Waals surface area contributed by atoms with Gasteiger partial charge < -0.3 is 16.0 Å². The normalized spacial score (nSPS) is 17.4. The second-order valence-corrected chi connectivity index (χ2v) is 7.40. The summed E-state index contributed by atoms with van der Waals surface area (Å²) >= 11 is 1.35. The lowest BCUT2D eigenvalue weighted by atomic mass is 10.2. The zero-order chi connectivity index (χ0) is 19.9. The molecule has 0 aliphatic carbocycles. The SMILES string of the molecule is CCCN(C(=O)c1csc(/C(C=Nc2ccc(F)cc2)=C/N)n1)[C@@H]1CCNC1. The Morgan fingerprint density at radius 3 is 2.89 bits per heavy atom. The van der Waals surface area contributed by atoms with Crippen LogP contribution in [0.15, 0.2) is 40.8 Å². The lowest BCUT2D eigenvalue weighted by Crippen LogP contribution is -2.42. The maximum absolute atomic E-state index is 13.0. The Hall–Kier alpha value is -2.58. The molecule has 3 N–H and O–H groups in total. The molecule has 0 unspecified atom stereocenters. The largest absolute Gasteiger partial charge is 0.404 e. The number of rotatable bonds is 7. The summed E-state index contributed by atoms with van der Waals surface area (Å²) in [7, 11) is 0. The van der Waals surface area contributed by atoms with E-state index in [2.05, 4.69) is 22.2 Å². The highest BCUT2D eigenvalue weighted by Gasteiger charge is 2.28. The molecule has 0 bridgehead atoms. The highest BCUT2D eigenvalue weighted by molar-refractivity contribution is 7.11. The van der Waals surface area contributed by atoms with E-state index < -0.39 is 0 Å². The van der Waals surface area contributed by atoms with Crippen molar-refractivity contribution in [2.75, 3.05) is 19.6 Å². The molecule has 1 aromatic heterocycles. The summed E-state index contributed by atoms with van der Waals surface area (Å²) in [6.45, 7) is 4.53. The molecule has 2 heterocycles. The van der Waals surface area contributed by atoms with Gasteiger partial charge in [-0.25, -0.2) is 9.37 Å². The van der Waals surface area contributed by atoms with Gasteiger partial charge in [0.25, 0.3) is 5.91 Å². The summed E-state index contributed by atoms with van der Waals surface area (Å²) in [5.74, 6) is -0.365. The van der Waals surface area contributed by atoms with Crippen LogP contribution in [0.25, 0.3) is 5.57 Å². The predicted octanol–water partition coefficient (Wildman–Crippen LogP) is 3.20. The Morgan fingerprint density at radius 2 is 2.25 bits per heavy atom. The van der Waals surface area contributed by atoms with Crippen LogP contribution >= 0.6 is 11.3 Å². The molecule has 1 amide bonds. The Morgan fingerprint density at radius 1 is 1.46 bits per heavy atom. The average molecular weight is 402 g/mol. The van der Waals surface area contributed by atoms with E-state index in [0.29, 0.717) is 28.5 Å². The summed E-state index contributed by atoms with van der Waals surface area (Å²) in [6, 6.07) is 6.06. The number of carbonyl (C=O) groups excluding carboxylic acids is 1. The number of hydrogen-bond donors (Lipinski definition) is 2. The van der Waals surface area contributed by atoms with E-state index in [1.807, 2.05) is 4.90 Å². The first kappa shape index (κ1) is 20.2. The van der Waals surface area contributed by atoms with E-state index >= 15 is 0 Å². The van der Waals surface area contributed by atoms with Gasteiger partial charge in [0, 0.05) is 42.5 Å². The van der Waals surface area contributed by atoms with Gasteiger partial charge in [0.2, 0.25) is 0 Å². The molecule has 1 atom stereocenters. The molecule has 1 fully saturated rings. The number of nitrogens with one attached hydrogen (secondary N) is 1. The first-order chi connectivity index (χ1) is 13.6. The highest BCUT2D eigenvalue weighted by atomic mass is 32.1. The van der Waals surface area contributed by atoms with E-state index in [1.54, 1.807) is 23.7 Å². The summed E-state index contributed by atoms with van der Waals surface area (Å²) in [6.07, 6.45) is 4.84. The maximum Gasteiger partial charge on any atom is 0.273 e. The number of nitrogens with zero attached hydrogens (tertiary/aromatic N) is 3. The number of carbonyl (C=O) groups is 1. The van der Waals surface area contributed by atoms with E-state index in [1.165, 1.54) is 29.7 Å². The van der Waals surface area contributed by atoms with E-state index in [4.69, 9.17) is 5.73 Å². The topological polar surface area (TPSA) is 83.6 Å². The van der Waals surface area contributed by atoms with Crippen LogP contribution in [-0.2, 0) is 0 Å². The van der Waals surface area contributed by atoms with Crippen LogP contribution in [-0.4, -0.2) is 47.7 Å². The van der Waals surface area contributed by atoms with Gasteiger partial charge in [-0.1, -0.05) is 6.92 Å². The number of hydrogen-bond acceptors (Lipinski definition) is 6. The number of aliphatic imine (C=N–C) groups is 1. The fourth-order valence-corrected chi connectivity index (χ4v) is 3.87. The van der Waals surface area contributed by atoms with Gasteiger partial charge in [-0.3, -0.25) is 9.79 Å². The quantitative estimate of drug-likeness (QED) is 0.698. The number of nitrogens with two attached hydrogens (primary N) is 1. The van der Waals surface area contributed by atoms with E-state index in [9.17, 15) is 9.18 Å². The van der Waals surface area contributed by atoms with Crippen LogP contribution in [0.3, 0.4) is 0 Å². The lowest BCUT2D eigenvalue weighted by molar-refractivity contribution is 0.0687. The van der Waals surface area contributed by atoms with Crippen LogP contribution in [0.1, 0.15) is 35.3 Å². The molecule has 0 spiro atoms. The molecular formula is C20H24FN5OS. The minimum atomic E-state index is -0.314. The molecule has 0 radical (unpaired) electrons. The van der Waals surface area contributed by atoms with Gasteiger partial charge in [-0.15, -0.1) is 11.3 Å². The first-order valence-electron chi connectivity index (χ1n) is 9.31. The summed E-state index contributed by atoms with van der Waals surface area (Å²) < 4.78 is 13.0. The third kappa shape index (κ3) is 4.82. The second-order valence-electron chi connectivity index (χ2n) is 6.54. The number of amides is 1. The number of benzene rings is 1. The molecule has 1 saturated heterocycles. The summed E-state index contributed by atoms with van der Waals surface area (Å²) in [5.41, 5.74) is 7.38. The van der Waals surface area contributed by atoms with E-state index in [-0.39, 0.29) is 17.8 Å². The number of aromatic nitrogens is 1. The van der Waals surface area contributed by atoms with Gasteiger partial charge >= 0.3 is 0 Å². The first-order valence-corrected chi connectivity index (χ1v) is 10.2. The van der Waals surface area contributed by atoms with Crippen LogP contribution in [0.5, 0.6) is 0 Å². The molecule has 28 heavy (non-hydrogen) atoms. The Bertz CT molecular complexity index is 856. The standard InChI is InChI=1S/C20H24FN5OS/c1-2-9-26(17-7-8-23-12-17)20(27)18-13-28-19(25-18)14(10-22)11-24-16-5-3-15(21)4-6-16/h3-6,10-11,13,17,23H,2,7-9,12,22H2,1H3/b14-10+,24-11?/t17-/m1/s1. The van der Waals surface area contributed by atoms with Gasteiger partial charge in [-0.2, -0.15) is 0 Å². The van der Waals surface area contributed by atoms with Crippen molar-refractivity contribution in [2.24, 2.45) is 10.7 Å². The highest BCUT2D eigenvalue weighted by Crippen LogP contribution is 2.22. The van der Waals surface area contributed by atoms with Crippen molar-refractivity contribution in [3.05, 3.63) is 52.4 Å². The monoisotopic (exact) mass is 401 g/mol. The Kier molecular flexibility index (Phi) is 6.89. The number of thiazole rings is 1. The average Bonchev–Trinajstić information content (AvgIpc) is 3.40. The third-order valence-electron chi connectivity index (χ3n) is 4.53. The van der Waals surface area contributed by atoms with Gasteiger partial charge in [-0.05, 0) is 43.7 Å². The second kappa shape index (κ2) is 9.57. The minimum absolute atomic E-state index is 0.0510. The zero-order valence-corrected chi connectivity index (χ0v) is 16.6. The van der Waals surface area contributed by atoms with Gasteiger partial charge in [0.1, 0.15) is 16.5 Å².